The van der Waals surface area contributed by atoms with Gasteiger partial charge >= 0.3 is 0 Å². The number of rotatable bonds is 1. The second-order valence-corrected chi connectivity index (χ2v) is 5.07. The molecule has 0 fully saturated rings. The van der Waals surface area contributed by atoms with Crippen molar-refractivity contribution in [1.82, 2.24) is 4.57 Å². The Kier molecular flexibility index (Phi) is 2.44. The lowest BCUT2D eigenvalue weighted by atomic mass is 9.99. The van der Waals surface area contributed by atoms with Crippen LogP contribution in [0.15, 0.2) is 59.4 Å². The van der Waals surface area contributed by atoms with Gasteiger partial charge in [0.2, 0.25) is 5.91 Å². The number of nitrogens with zero attached hydrogens (tertiary/aromatic N) is 1. The van der Waals surface area contributed by atoms with E-state index in [1.54, 1.807) is 6.07 Å². The first-order valence-electron chi connectivity index (χ1n) is 6.76. The number of pyridine rings is 1. The summed E-state index contributed by atoms with van der Waals surface area (Å²) < 4.78 is 1.52. The second-order valence-electron chi connectivity index (χ2n) is 5.07. The summed E-state index contributed by atoms with van der Waals surface area (Å²) in [5, 5.41) is 4.32. The minimum Gasteiger partial charge on any atom is -0.310 e. The minimum absolute atomic E-state index is 0.0822. The number of hydrogen-bond acceptors (Lipinski definition) is 2. The number of benzene rings is 2. The van der Waals surface area contributed by atoms with Crippen LogP contribution < -0.4 is 10.9 Å². The minimum atomic E-state index is -0.153. The van der Waals surface area contributed by atoms with E-state index in [0.29, 0.717) is 11.2 Å². The molecule has 102 valence electrons. The van der Waals surface area contributed by atoms with Gasteiger partial charge in [-0.2, -0.15) is 0 Å². The number of anilines is 1. The number of carbonyl (C=O) groups excluding carboxylic acids is 1. The SMILES string of the molecule is O=C1Cn2c(c(-c3ccccc3)c3ccccc3c2=O)N1. The number of fused-ring (bicyclic) bond motifs is 2. The van der Waals surface area contributed by atoms with Crippen LogP contribution in [0.2, 0.25) is 0 Å². The molecular weight excluding hydrogens is 264 g/mol. The number of hydrogen-bond donors (Lipinski definition) is 1. The van der Waals surface area contributed by atoms with Crippen molar-refractivity contribution in [2.45, 2.75) is 6.54 Å². The molecule has 3 aromatic rings. The van der Waals surface area contributed by atoms with Crippen LogP contribution in [0.3, 0.4) is 0 Å². The molecule has 1 aliphatic rings. The molecule has 0 atom stereocenters. The van der Waals surface area contributed by atoms with Crippen LogP contribution in [0, 0.1) is 0 Å². The molecule has 0 bridgehead atoms. The van der Waals surface area contributed by atoms with E-state index in [1.807, 2.05) is 48.5 Å². The third-order valence-corrected chi connectivity index (χ3v) is 3.80. The molecule has 1 aliphatic heterocycles. The molecule has 21 heavy (non-hydrogen) atoms. The maximum atomic E-state index is 12.5. The topological polar surface area (TPSA) is 51.1 Å². The molecule has 4 rings (SSSR count). The summed E-state index contributed by atoms with van der Waals surface area (Å²) in [5.74, 6) is 0.439. The molecule has 4 nitrogen and oxygen atoms in total. The fraction of sp³-hybridized carbons (Fsp3) is 0.0588. The van der Waals surface area contributed by atoms with Crippen molar-refractivity contribution in [1.29, 1.82) is 0 Å². The van der Waals surface area contributed by atoms with Crippen molar-refractivity contribution < 1.29 is 4.79 Å². The highest BCUT2D eigenvalue weighted by Crippen LogP contribution is 2.35. The van der Waals surface area contributed by atoms with Gasteiger partial charge in [0.25, 0.3) is 5.56 Å². The molecule has 1 amide bonds. The zero-order valence-corrected chi connectivity index (χ0v) is 11.2. The highest BCUT2D eigenvalue weighted by molar-refractivity contribution is 6.07. The first-order chi connectivity index (χ1) is 10.3. The van der Waals surface area contributed by atoms with Gasteiger partial charge in [0.15, 0.2) is 0 Å². The van der Waals surface area contributed by atoms with E-state index in [1.165, 1.54) is 4.57 Å². The van der Waals surface area contributed by atoms with E-state index in [2.05, 4.69) is 5.32 Å². The van der Waals surface area contributed by atoms with Crippen molar-refractivity contribution in [3.8, 4) is 11.1 Å². The average molecular weight is 276 g/mol. The number of carbonyl (C=O) groups is 1. The lowest BCUT2D eigenvalue weighted by Gasteiger charge is -2.13. The fourth-order valence-electron chi connectivity index (χ4n) is 2.89. The van der Waals surface area contributed by atoms with Crippen molar-refractivity contribution >= 4 is 22.5 Å². The van der Waals surface area contributed by atoms with Crippen molar-refractivity contribution in [3.63, 3.8) is 0 Å². The fourth-order valence-corrected chi connectivity index (χ4v) is 2.89. The largest absolute Gasteiger partial charge is 0.310 e. The number of amides is 1. The third kappa shape index (κ3) is 1.69. The monoisotopic (exact) mass is 276 g/mol. The Morgan fingerprint density at radius 1 is 0.857 bits per heavy atom. The first kappa shape index (κ1) is 11.9. The van der Waals surface area contributed by atoms with Crippen molar-refractivity contribution in [2.75, 3.05) is 5.32 Å². The van der Waals surface area contributed by atoms with E-state index in [0.717, 1.165) is 16.5 Å². The van der Waals surface area contributed by atoms with Crippen LogP contribution in [-0.4, -0.2) is 10.5 Å². The van der Waals surface area contributed by atoms with Crippen LogP contribution in [-0.2, 0) is 11.3 Å². The van der Waals surface area contributed by atoms with Gasteiger partial charge in [-0.3, -0.25) is 14.2 Å². The molecular formula is C17H12N2O2. The summed E-state index contributed by atoms with van der Waals surface area (Å²) in [6, 6.07) is 17.3. The van der Waals surface area contributed by atoms with Gasteiger partial charge in [0.05, 0.1) is 0 Å². The normalized spacial score (nSPS) is 13.2. The Bertz CT molecular complexity index is 927. The Balaban J connectivity index is 2.20. The summed E-state index contributed by atoms with van der Waals surface area (Å²) in [6.07, 6.45) is 0. The molecule has 0 radical (unpaired) electrons. The van der Waals surface area contributed by atoms with Crippen LogP contribution >= 0.6 is 0 Å². The van der Waals surface area contributed by atoms with Crippen LogP contribution in [0.1, 0.15) is 0 Å². The van der Waals surface area contributed by atoms with Crippen LogP contribution in [0.4, 0.5) is 5.82 Å². The Labute approximate surface area is 120 Å². The molecule has 1 N–H and O–H groups in total. The lowest BCUT2D eigenvalue weighted by Crippen LogP contribution is -2.19. The smallest absolute Gasteiger partial charge is 0.260 e. The molecule has 0 spiro atoms. The highest BCUT2D eigenvalue weighted by atomic mass is 16.2. The van der Waals surface area contributed by atoms with Gasteiger partial charge < -0.3 is 5.32 Å². The van der Waals surface area contributed by atoms with Gasteiger partial charge in [-0.1, -0.05) is 48.5 Å². The zero-order valence-electron chi connectivity index (χ0n) is 11.2. The summed E-state index contributed by atoms with van der Waals surface area (Å²) in [4.78, 5) is 24.3. The van der Waals surface area contributed by atoms with Gasteiger partial charge in [0, 0.05) is 10.9 Å². The highest BCUT2D eigenvalue weighted by Gasteiger charge is 2.25. The molecule has 1 aromatic heterocycles. The standard InChI is InChI=1S/C17H12N2O2/c20-14-10-19-16(18-14)15(11-6-2-1-3-7-11)12-8-4-5-9-13(12)17(19)21/h1-9H,10H2,(H,18,20). The quantitative estimate of drug-likeness (QED) is 0.742. The predicted molar refractivity (Wildman–Crippen MR) is 82.3 cm³/mol. The Hall–Kier alpha value is -2.88. The van der Waals surface area contributed by atoms with Crippen LogP contribution in [0.5, 0.6) is 0 Å². The van der Waals surface area contributed by atoms with Crippen molar-refractivity contribution in [2.24, 2.45) is 0 Å². The summed E-state index contributed by atoms with van der Waals surface area (Å²) in [5.41, 5.74) is 1.76. The molecule has 4 heteroatoms. The second kappa shape index (κ2) is 4.31. The Morgan fingerprint density at radius 3 is 2.29 bits per heavy atom. The Morgan fingerprint density at radius 2 is 1.52 bits per heavy atom. The van der Waals surface area contributed by atoms with E-state index in [-0.39, 0.29) is 18.0 Å². The van der Waals surface area contributed by atoms with Gasteiger partial charge in [-0.25, -0.2) is 0 Å². The first-order valence-corrected chi connectivity index (χ1v) is 6.76. The zero-order chi connectivity index (χ0) is 14.4. The third-order valence-electron chi connectivity index (χ3n) is 3.80. The van der Waals surface area contributed by atoms with Gasteiger partial charge in [-0.15, -0.1) is 0 Å². The summed E-state index contributed by atoms with van der Waals surface area (Å²) >= 11 is 0. The number of nitrogens with one attached hydrogen (secondary N) is 1. The van der Waals surface area contributed by atoms with E-state index in [9.17, 15) is 9.59 Å². The van der Waals surface area contributed by atoms with Gasteiger partial charge in [-0.05, 0) is 17.0 Å². The van der Waals surface area contributed by atoms with E-state index < -0.39 is 0 Å². The molecule has 2 heterocycles. The van der Waals surface area contributed by atoms with Crippen molar-refractivity contribution in [3.05, 3.63) is 65.0 Å². The lowest BCUT2D eigenvalue weighted by molar-refractivity contribution is -0.115. The van der Waals surface area contributed by atoms with E-state index in [4.69, 9.17) is 0 Å². The van der Waals surface area contributed by atoms with Gasteiger partial charge in [0.1, 0.15) is 12.4 Å². The predicted octanol–water partition coefficient (Wildman–Crippen LogP) is 2.62. The number of aromatic nitrogens is 1. The summed E-state index contributed by atoms with van der Waals surface area (Å²) in [7, 11) is 0. The average Bonchev–Trinajstić information content (AvgIpc) is 2.90. The van der Waals surface area contributed by atoms with Crippen LogP contribution in [0.25, 0.3) is 21.9 Å². The molecule has 0 saturated heterocycles. The maximum absolute atomic E-state index is 12.5. The molecule has 0 aliphatic carbocycles. The maximum Gasteiger partial charge on any atom is 0.260 e. The van der Waals surface area contributed by atoms with E-state index >= 15 is 0 Å². The molecule has 0 saturated carbocycles. The summed E-state index contributed by atoms with van der Waals surface area (Å²) in [6.45, 7) is 0.0822. The molecule has 0 unspecified atom stereocenters. The molecule has 2 aromatic carbocycles.